The first kappa shape index (κ1) is 17.0. The molecule has 2 aromatic carbocycles. The van der Waals surface area contributed by atoms with Gasteiger partial charge >= 0.3 is 0 Å². The third-order valence-corrected chi connectivity index (χ3v) is 5.15. The normalized spacial score (nSPS) is 17.8. The van der Waals surface area contributed by atoms with Crippen LogP contribution in [0, 0.1) is 23.0 Å². The fourth-order valence-corrected chi connectivity index (χ4v) is 4.08. The summed E-state index contributed by atoms with van der Waals surface area (Å²) in [5.74, 6) is -2.38. The maximum atomic E-state index is 14.6. The molecule has 0 fully saturated rings. The van der Waals surface area contributed by atoms with Crippen LogP contribution < -0.4 is 0 Å². The number of fused-ring (bicyclic) bond motifs is 4. The van der Waals surface area contributed by atoms with Crippen molar-refractivity contribution in [1.29, 1.82) is 5.26 Å². The smallest absolute Gasteiger partial charge is 0.195 e. The van der Waals surface area contributed by atoms with E-state index in [0.29, 0.717) is 34.0 Å². The van der Waals surface area contributed by atoms with Gasteiger partial charge in [0, 0.05) is 51.7 Å². The number of nitrogens with zero attached hydrogens (tertiary/aromatic N) is 2. The number of aromatic hydroxyl groups is 1. The molecule has 0 unspecified atom stereocenters. The van der Waals surface area contributed by atoms with Crippen LogP contribution in [-0.4, -0.2) is 15.9 Å². The number of phenolic OH excluding ortho intramolecular Hbond substituents is 1. The van der Waals surface area contributed by atoms with E-state index < -0.39 is 17.4 Å². The minimum Gasteiger partial charge on any atom is -0.507 e. The third-order valence-electron chi connectivity index (χ3n) is 5.15. The third kappa shape index (κ3) is 2.21. The zero-order valence-corrected chi connectivity index (χ0v) is 14.7. The number of aromatic nitrogens is 1. The number of halogens is 2. The Morgan fingerprint density at radius 2 is 1.79 bits per heavy atom. The van der Waals surface area contributed by atoms with E-state index in [4.69, 9.17) is 0 Å². The molecule has 1 aromatic heterocycles. The van der Waals surface area contributed by atoms with Crippen LogP contribution >= 0.6 is 0 Å². The van der Waals surface area contributed by atoms with Gasteiger partial charge in [0.15, 0.2) is 5.78 Å². The van der Waals surface area contributed by atoms with Gasteiger partial charge in [-0.2, -0.15) is 5.26 Å². The van der Waals surface area contributed by atoms with Gasteiger partial charge in [-0.25, -0.2) is 8.78 Å². The minimum absolute atomic E-state index is 0.0101. The lowest BCUT2D eigenvalue weighted by atomic mass is 9.93. The maximum Gasteiger partial charge on any atom is 0.195 e. The summed E-state index contributed by atoms with van der Waals surface area (Å²) in [4.78, 5) is 17.6. The fourth-order valence-electron chi connectivity index (χ4n) is 4.08. The first-order valence-corrected chi connectivity index (χ1v) is 8.69. The summed E-state index contributed by atoms with van der Waals surface area (Å²) in [5, 5.41) is 19.7. The second-order valence-corrected chi connectivity index (χ2v) is 6.68. The van der Waals surface area contributed by atoms with Gasteiger partial charge < -0.3 is 5.11 Å². The van der Waals surface area contributed by atoms with Crippen molar-refractivity contribution in [2.45, 2.75) is 0 Å². The van der Waals surface area contributed by atoms with Crippen molar-refractivity contribution >= 4 is 16.9 Å². The summed E-state index contributed by atoms with van der Waals surface area (Å²) in [6, 6.07) is 11.8. The van der Waals surface area contributed by atoms with Gasteiger partial charge in [-0.3, -0.25) is 9.78 Å². The molecule has 1 N–H and O–H groups in total. The molecule has 2 aliphatic rings. The van der Waals surface area contributed by atoms with Crippen molar-refractivity contribution in [3.05, 3.63) is 94.2 Å². The Morgan fingerprint density at radius 1 is 1.00 bits per heavy atom. The second-order valence-electron chi connectivity index (χ2n) is 6.68. The van der Waals surface area contributed by atoms with E-state index >= 15 is 0 Å². The molecule has 0 amide bonds. The standard InChI is InChI=1S/C23H10F2N2O2/c24-11-9-15-18(16(25)10-11)13(6-7-26)21(23(15)29)19-12-3-1-5-17(28)20(12)22-14(19)4-2-8-27-22/h1-6,8-10,28H/b13-6+,21-19-. The lowest BCUT2D eigenvalue weighted by molar-refractivity contribution is 0.104. The van der Waals surface area contributed by atoms with E-state index in [2.05, 4.69) is 4.98 Å². The number of hydrogen-bond donors (Lipinski definition) is 1. The molecule has 4 nitrogen and oxygen atoms in total. The summed E-state index contributed by atoms with van der Waals surface area (Å²) in [7, 11) is 0. The van der Waals surface area contributed by atoms with Crippen LogP contribution in [0.15, 0.2) is 60.3 Å². The number of hydrogen-bond acceptors (Lipinski definition) is 4. The minimum atomic E-state index is -0.911. The highest BCUT2D eigenvalue weighted by Crippen LogP contribution is 2.52. The van der Waals surface area contributed by atoms with Crippen LogP contribution in [0.5, 0.6) is 5.75 Å². The fraction of sp³-hybridized carbons (Fsp3) is 0. The van der Waals surface area contributed by atoms with Crippen molar-refractivity contribution < 1.29 is 18.7 Å². The van der Waals surface area contributed by atoms with Gasteiger partial charge in [-0.05, 0) is 23.8 Å². The quantitative estimate of drug-likeness (QED) is 0.354. The number of carbonyl (C=O) groups is 1. The van der Waals surface area contributed by atoms with Crippen LogP contribution in [0.3, 0.4) is 0 Å². The number of nitriles is 1. The van der Waals surface area contributed by atoms with E-state index in [1.165, 1.54) is 6.07 Å². The Morgan fingerprint density at radius 3 is 2.59 bits per heavy atom. The second kappa shape index (κ2) is 5.94. The highest BCUT2D eigenvalue weighted by molar-refractivity contribution is 6.32. The zero-order valence-electron chi connectivity index (χ0n) is 14.7. The van der Waals surface area contributed by atoms with E-state index in [0.717, 1.165) is 12.1 Å². The summed E-state index contributed by atoms with van der Waals surface area (Å²) >= 11 is 0. The van der Waals surface area contributed by atoms with E-state index in [1.54, 1.807) is 30.5 Å². The Balaban J connectivity index is 1.94. The summed E-state index contributed by atoms with van der Waals surface area (Å²) in [6.45, 7) is 0. The number of ketones is 1. The predicted octanol–water partition coefficient (Wildman–Crippen LogP) is 4.65. The van der Waals surface area contributed by atoms with Crippen LogP contribution in [-0.2, 0) is 0 Å². The highest BCUT2D eigenvalue weighted by Gasteiger charge is 2.39. The molecule has 0 bridgehead atoms. The molecular formula is C23H10F2N2O2. The van der Waals surface area contributed by atoms with Crippen molar-refractivity contribution in [2.24, 2.45) is 0 Å². The van der Waals surface area contributed by atoms with Gasteiger partial charge in [0.25, 0.3) is 0 Å². The van der Waals surface area contributed by atoms with E-state index in [-0.39, 0.29) is 28.0 Å². The van der Waals surface area contributed by atoms with Crippen LogP contribution in [0.1, 0.15) is 27.0 Å². The molecular weight excluding hydrogens is 374 g/mol. The Bertz CT molecular complexity index is 1360. The molecule has 0 spiro atoms. The first-order valence-electron chi connectivity index (χ1n) is 8.69. The number of phenols is 1. The molecule has 0 saturated carbocycles. The Kier molecular flexibility index (Phi) is 3.49. The maximum absolute atomic E-state index is 14.6. The van der Waals surface area contributed by atoms with Gasteiger partial charge in [-0.15, -0.1) is 0 Å². The molecule has 3 aromatic rings. The van der Waals surface area contributed by atoms with Crippen LogP contribution in [0.25, 0.3) is 22.4 Å². The largest absolute Gasteiger partial charge is 0.507 e. The molecule has 0 aliphatic heterocycles. The summed E-state index contributed by atoms with van der Waals surface area (Å²) < 4.78 is 28.4. The SMILES string of the molecule is N#C/C=C1/C(=C2/c3cccnc3-c3c(O)cccc32)C(=O)c2cc(F)cc(F)c21. The number of pyridine rings is 1. The lowest BCUT2D eigenvalue weighted by Crippen LogP contribution is -2.00. The average molecular weight is 384 g/mol. The highest BCUT2D eigenvalue weighted by atomic mass is 19.1. The monoisotopic (exact) mass is 384 g/mol. The molecule has 6 heteroatoms. The topological polar surface area (TPSA) is 74.0 Å². The van der Waals surface area contributed by atoms with Gasteiger partial charge in [0.05, 0.1) is 17.3 Å². The van der Waals surface area contributed by atoms with Crippen molar-refractivity contribution in [3.63, 3.8) is 0 Å². The number of Topliss-reactive ketones (excluding diaryl/α,β-unsaturated/α-hetero) is 1. The molecule has 1 heterocycles. The molecule has 29 heavy (non-hydrogen) atoms. The van der Waals surface area contributed by atoms with E-state index in [1.807, 2.05) is 6.07 Å². The molecule has 138 valence electrons. The summed E-state index contributed by atoms with van der Waals surface area (Å²) in [6.07, 6.45) is 2.65. The lowest BCUT2D eigenvalue weighted by Gasteiger charge is -2.09. The van der Waals surface area contributed by atoms with Crippen LogP contribution in [0.2, 0.25) is 0 Å². The summed E-state index contributed by atoms with van der Waals surface area (Å²) in [5.41, 5.74) is 2.43. The average Bonchev–Trinajstić information content (AvgIpc) is 3.16. The number of rotatable bonds is 0. The molecule has 0 saturated heterocycles. The van der Waals surface area contributed by atoms with Crippen molar-refractivity contribution in [3.8, 4) is 23.1 Å². The Hall–Kier alpha value is -4.11. The predicted molar refractivity (Wildman–Crippen MR) is 102 cm³/mol. The number of carbonyl (C=O) groups excluding carboxylic acids is 1. The van der Waals surface area contributed by atoms with Crippen LogP contribution in [0.4, 0.5) is 8.78 Å². The number of benzene rings is 2. The number of allylic oxidation sites excluding steroid dienone is 3. The molecule has 2 aliphatic carbocycles. The molecule has 0 atom stereocenters. The van der Waals surface area contributed by atoms with Gasteiger partial charge in [-0.1, -0.05) is 18.2 Å². The van der Waals surface area contributed by atoms with Gasteiger partial charge in [0.2, 0.25) is 0 Å². The van der Waals surface area contributed by atoms with Crippen molar-refractivity contribution in [1.82, 2.24) is 4.98 Å². The van der Waals surface area contributed by atoms with E-state index in [9.17, 15) is 23.9 Å². The first-order chi connectivity index (χ1) is 14.0. The zero-order chi connectivity index (χ0) is 20.3. The van der Waals surface area contributed by atoms with Crippen molar-refractivity contribution in [2.75, 3.05) is 0 Å². The van der Waals surface area contributed by atoms with Gasteiger partial charge in [0.1, 0.15) is 17.4 Å². The molecule has 0 radical (unpaired) electrons. The Labute approximate surface area is 163 Å². The molecule has 5 rings (SSSR count).